The first-order chi connectivity index (χ1) is 37.1. The van der Waals surface area contributed by atoms with Crippen molar-refractivity contribution in [1.29, 1.82) is 0 Å². The molecule has 5 aliphatic rings. The van der Waals surface area contributed by atoms with Crippen molar-refractivity contribution in [2.45, 2.75) is 213 Å². The van der Waals surface area contributed by atoms with Crippen LogP contribution in [0.5, 0.6) is 0 Å². The number of amides is 4. The molecule has 0 aromatic heterocycles. The summed E-state index contributed by atoms with van der Waals surface area (Å²) < 4.78 is 44.4. The minimum atomic E-state index is -1.98. The third-order valence-electron chi connectivity index (χ3n) is 13.7. The zero-order valence-electron chi connectivity index (χ0n) is 42.9. The van der Waals surface area contributed by atoms with Crippen molar-refractivity contribution in [1.82, 2.24) is 21.0 Å². The van der Waals surface area contributed by atoms with Crippen LogP contribution in [0.25, 0.3) is 0 Å². The molecule has 450 valence electrons. The van der Waals surface area contributed by atoms with E-state index in [0.717, 1.165) is 0 Å². The topological polar surface area (TPSA) is 491 Å². The number of ether oxygens (including phenoxy) is 8. The van der Waals surface area contributed by atoms with E-state index >= 15 is 0 Å². The second kappa shape index (κ2) is 31.7. The van der Waals surface area contributed by atoms with E-state index in [2.05, 4.69) is 16.0 Å². The number of rotatable bonds is 30. The second-order valence-electron chi connectivity index (χ2n) is 19.6. The number of unbranched alkanes of at least 4 members (excludes halogenated alkanes) is 3. The number of carbonyl (C=O) groups is 5. The van der Waals surface area contributed by atoms with E-state index in [9.17, 15) is 95.5 Å². The first-order valence-electron chi connectivity index (χ1n) is 25.9. The molecule has 5 rings (SSSR count). The minimum Gasteiger partial charge on any atom is -0.394 e. The fourth-order valence-electron chi connectivity index (χ4n) is 8.97. The van der Waals surface area contributed by atoms with E-state index in [0.29, 0.717) is 17.9 Å². The van der Waals surface area contributed by atoms with Crippen molar-refractivity contribution < 1.29 is 138 Å². The molecular formula is C46H78N4O28. The van der Waals surface area contributed by atoms with Crippen LogP contribution in [0.4, 0.5) is 0 Å². The van der Waals surface area contributed by atoms with Gasteiger partial charge in [-0.05, 0) is 32.6 Å². The summed E-state index contributed by atoms with van der Waals surface area (Å²) in [4.78, 5) is 66.5. The average Bonchev–Trinajstić information content (AvgIpc) is 3.74. The molecule has 0 bridgehead atoms. The van der Waals surface area contributed by atoms with Crippen molar-refractivity contribution in [2.24, 2.45) is 0 Å². The molecule has 5 aliphatic heterocycles. The Hall–Kier alpha value is -3.37. The summed E-state index contributed by atoms with van der Waals surface area (Å²) in [7, 11) is 0. The normalized spacial score (nSPS) is 37.2. The molecule has 32 nitrogen and oxygen atoms in total. The van der Waals surface area contributed by atoms with Crippen molar-refractivity contribution >= 4 is 29.6 Å². The SMILES string of the molecule is C[C@@H]1O[C@@H](OCCNC(=O)CCCCC(=O)N[C@@H](CCCCCC(=O)ON2C(=O)CCC2=O)C(O)NCCO[C@H]2O[C@H](CO[C@H]3O[C@H](CO)[C@@H](O)[C@H](O)[C@@H]3O)[C@@H](O)[C@H](O[C@H]3O[C@H](CO)[C@@H](O)[C@H](O)[C@@H]3O)[C@@H]2O)[C@@H](O)[C@H](O)[C@@H]1O. The molecule has 0 spiro atoms. The van der Waals surface area contributed by atoms with E-state index in [1.165, 1.54) is 6.92 Å². The first kappa shape index (κ1) is 65.4. The number of nitrogens with one attached hydrogen (secondary N) is 3. The maximum atomic E-state index is 13.2. The van der Waals surface area contributed by atoms with Crippen LogP contribution in [0, 0.1) is 0 Å². The van der Waals surface area contributed by atoms with Gasteiger partial charge in [-0.2, -0.15) is 0 Å². The van der Waals surface area contributed by atoms with Gasteiger partial charge in [-0.1, -0.05) is 12.8 Å². The number of hydrogen-bond acceptors (Lipinski definition) is 29. The summed E-state index contributed by atoms with van der Waals surface area (Å²) in [6, 6.07) is -0.974. The van der Waals surface area contributed by atoms with E-state index in [-0.39, 0.29) is 90.0 Å². The Morgan fingerprint density at radius 3 is 1.71 bits per heavy atom. The molecule has 5 saturated heterocycles. The molecule has 78 heavy (non-hydrogen) atoms. The maximum Gasteiger partial charge on any atom is 0.333 e. The highest BCUT2D eigenvalue weighted by atomic mass is 16.8. The van der Waals surface area contributed by atoms with Crippen LogP contribution in [0.3, 0.4) is 0 Å². The lowest BCUT2D eigenvalue weighted by Gasteiger charge is -2.46. The third kappa shape index (κ3) is 18.1. The van der Waals surface area contributed by atoms with Gasteiger partial charge in [-0.15, -0.1) is 5.06 Å². The van der Waals surface area contributed by atoms with Gasteiger partial charge in [0.1, 0.15) is 97.8 Å². The molecule has 4 amide bonds. The quantitative estimate of drug-likeness (QED) is 0.0180. The summed E-state index contributed by atoms with van der Waals surface area (Å²) >= 11 is 0. The number of hydroxylamine groups is 2. The second-order valence-corrected chi connectivity index (χ2v) is 19.6. The van der Waals surface area contributed by atoms with Gasteiger partial charge in [0.25, 0.3) is 11.8 Å². The molecule has 0 saturated carbocycles. The van der Waals surface area contributed by atoms with Crippen molar-refractivity contribution in [3.63, 3.8) is 0 Å². The molecule has 32 heteroatoms. The summed E-state index contributed by atoms with van der Waals surface area (Å²) in [5, 5.41) is 154. The van der Waals surface area contributed by atoms with Gasteiger partial charge in [0.2, 0.25) is 11.8 Å². The van der Waals surface area contributed by atoms with Gasteiger partial charge in [0.15, 0.2) is 25.2 Å². The summed E-state index contributed by atoms with van der Waals surface area (Å²) in [5.41, 5.74) is 0. The highest BCUT2D eigenvalue weighted by Gasteiger charge is 2.52. The van der Waals surface area contributed by atoms with E-state index in [4.69, 9.17) is 42.7 Å². The Kier molecular flexibility index (Phi) is 26.6. The van der Waals surface area contributed by atoms with Crippen molar-refractivity contribution in [3.8, 4) is 0 Å². The Balaban J connectivity index is 1.14. The summed E-state index contributed by atoms with van der Waals surface area (Å²) in [5.74, 6) is -2.94. The molecule has 0 aromatic rings. The number of nitrogens with zero attached hydrogens (tertiary/aromatic N) is 1. The molecule has 22 atom stereocenters. The van der Waals surface area contributed by atoms with Crippen LogP contribution >= 0.6 is 0 Å². The lowest BCUT2D eigenvalue weighted by atomic mass is 9.96. The third-order valence-corrected chi connectivity index (χ3v) is 13.7. The molecular weight excluding hydrogens is 1060 g/mol. The van der Waals surface area contributed by atoms with Crippen molar-refractivity contribution in [2.75, 3.05) is 46.1 Å². The summed E-state index contributed by atoms with van der Waals surface area (Å²) in [6.07, 6.45) is -33.0. The smallest absolute Gasteiger partial charge is 0.333 e. The highest BCUT2D eigenvalue weighted by Crippen LogP contribution is 2.31. The minimum absolute atomic E-state index is 0.0252. The number of imide groups is 1. The van der Waals surface area contributed by atoms with Crippen LogP contribution in [0.1, 0.15) is 77.6 Å². The van der Waals surface area contributed by atoms with Gasteiger partial charge < -0.3 is 125 Å². The molecule has 17 N–H and O–H groups in total. The van der Waals surface area contributed by atoms with Crippen molar-refractivity contribution in [3.05, 3.63) is 0 Å². The monoisotopic (exact) mass is 1130 g/mol. The predicted molar refractivity (Wildman–Crippen MR) is 251 cm³/mol. The molecule has 5 fully saturated rings. The number of carbonyl (C=O) groups excluding carboxylic acids is 5. The van der Waals surface area contributed by atoms with Gasteiger partial charge in [-0.3, -0.25) is 24.5 Å². The fourth-order valence-corrected chi connectivity index (χ4v) is 8.97. The zero-order valence-corrected chi connectivity index (χ0v) is 42.9. The Bertz CT molecular complexity index is 1860. The largest absolute Gasteiger partial charge is 0.394 e. The summed E-state index contributed by atoms with van der Waals surface area (Å²) in [6.45, 7) is -1.51. The number of aliphatic hydroxyl groups is 14. The molecule has 0 radical (unpaired) electrons. The first-order valence-corrected chi connectivity index (χ1v) is 25.9. The molecule has 0 aliphatic carbocycles. The Labute approximate surface area is 446 Å². The van der Waals surface area contributed by atoms with Gasteiger partial charge in [0.05, 0.1) is 45.2 Å². The predicted octanol–water partition coefficient (Wildman–Crippen LogP) is -9.08. The van der Waals surface area contributed by atoms with E-state index in [1.807, 2.05) is 0 Å². The standard InChI is InChI=1S/C46H78N4O28/c1-20-30(58)34(62)37(65)43(73-20)70-15-13-47-25(53)8-5-6-9-26(54)49-21(7-3-2-4-10-29(57)78-50-27(55)11-12-28(50)56)42(69)48-14-16-71-45-40(68)41(77-46-39(67)36(64)32(60)23(18-52)75-46)33(61)24(76-45)19-72-44-38(66)35(63)31(59)22(17-51)74-44/h20-24,30-46,48,51-52,58-69H,2-19H2,1H3,(H,47,53)(H,49,54)/t20-,21-,22+,23+,24+,30+,31+,32+,33+,34+,35-,36-,37-,38-,39-,40-,41-,42?,43+,44-,45-,46+/m0/s1. The van der Waals surface area contributed by atoms with Gasteiger partial charge >= 0.3 is 5.97 Å². The number of hydrogen-bond donors (Lipinski definition) is 17. The lowest BCUT2D eigenvalue weighted by Crippen LogP contribution is -2.65. The molecule has 0 aromatic carbocycles. The highest BCUT2D eigenvalue weighted by molar-refractivity contribution is 6.01. The maximum absolute atomic E-state index is 13.2. The van der Waals surface area contributed by atoms with Crippen LogP contribution in [-0.4, -0.2) is 287 Å². The average molecular weight is 1140 g/mol. The fraction of sp³-hybridized carbons (Fsp3) is 0.891. The molecule has 5 heterocycles. The van der Waals surface area contributed by atoms with E-state index < -0.39 is 179 Å². The van der Waals surface area contributed by atoms with Crippen LogP contribution < -0.4 is 16.0 Å². The number of aliphatic hydroxyl groups excluding tert-OH is 14. The van der Waals surface area contributed by atoms with Crippen LogP contribution in [-0.2, 0) is 66.7 Å². The van der Waals surface area contributed by atoms with E-state index in [1.54, 1.807) is 0 Å². The lowest BCUT2D eigenvalue weighted by molar-refractivity contribution is -0.366. The Morgan fingerprint density at radius 1 is 0.577 bits per heavy atom. The van der Waals surface area contributed by atoms with Gasteiger partial charge in [-0.25, -0.2) is 4.79 Å². The van der Waals surface area contributed by atoms with Crippen LogP contribution in [0.2, 0.25) is 0 Å². The van der Waals surface area contributed by atoms with Crippen LogP contribution in [0.15, 0.2) is 0 Å². The zero-order chi connectivity index (χ0) is 57.4. The van der Waals surface area contributed by atoms with Gasteiger partial charge in [0, 0.05) is 45.2 Å². The molecule has 1 unspecified atom stereocenters. The Morgan fingerprint density at radius 2 is 1.09 bits per heavy atom.